The van der Waals surface area contributed by atoms with E-state index < -0.39 is 0 Å². The number of fused-ring (bicyclic) bond motifs is 1. The highest BCUT2D eigenvalue weighted by Gasteiger charge is 2.04. The van der Waals surface area contributed by atoms with Crippen molar-refractivity contribution in [1.29, 1.82) is 0 Å². The molecule has 3 rings (SSSR count). The zero-order valence-corrected chi connectivity index (χ0v) is 15.4. The summed E-state index contributed by atoms with van der Waals surface area (Å²) in [5, 5.41) is 3.78. The van der Waals surface area contributed by atoms with Gasteiger partial charge in [-0.3, -0.25) is 14.4 Å². The summed E-state index contributed by atoms with van der Waals surface area (Å²) in [7, 11) is 0. The first-order chi connectivity index (χ1) is 13.5. The van der Waals surface area contributed by atoms with Crippen LogP contribution in [0.3, 0.4) is 0 Å². The van der Waals surface area contributed by atoms with Gasteiger partial charge in [-0.25, -0.2) is 0 Å². The molecular formula is C23H20N2O3. The number of nitrogens with one attached hydrogen (secondary N) is 2. The summed E-state index contributed by atoms with van der Waals surface area (Å²) < 4.78 is 0. The minimum Gasteiger partial charge on any atom is -0.361 e. The van der Waals surface area contributed by atoms with Crippen molar-refractivity contribution in [3.05, 3.63) is 78.0 Å². The molecule has 140 valence electrons. The average Bonchev–Trinajstić information content (AvgIpc) is 3.13. The van der Waals surface area contributed by atoms with E-state index >= 15 is 0 Å². The number of rotatable bonds is 7. The van der Waals surface area contributed by atoms with Gasteiger partial charge in [0.2, 0.25) is 5.91 Å². The fourth-order valence-electron chi connectivity index (χ4n) is 2.72. The minimum absolute atomic E-state index is 0.141. The zero-order chi connectivity index (χ0) is 19.9. The van der Waals surface area contributed by atoms with Gasteiger partial charge in [-0.15, -0.1) is 0 Å². The smallest absolute Gasteiger partial charge is 0.221 e. The Morgan fingerprint density at radius 2 is 1.54 bits per heavy atom. The van der Waals surface area contributed by atoms with Crippen LogP contribution in [-0.4, -0.2) is 22.5 Å². The average molecular weight is 372 g/mol. The molecule has 0 fully saturated rings. The van der Waals surface area contributed by atoms with E-state index in [0.29, 0.717) is 5.69 Å². The van der Waals surface area contributed by atoms with E-state index in [9.17, 15) is 14.4 Å². The highest BCUT2D eigenvalue weighted by molar-refractivity contribution is 6.11. The van der Waals surface area contributed by atoms with Crippen LogP contribution in [0.2, 0.25) is 0 Å². The molecule has 0 aliphatic carbocycles. The molecule has 1 aromatic heterocycles. The lowest BCUT2D eigenvalue weighted by molar-refractivity contribution is -0.122. The molecule has 0 unspecified atom stereocenters. The van der Waals surface area contributed by atoms with E-state index in [1.54, 1.807) is 36.4 Å². The van der Waals surface area contributed by atoms with Gasteiger partial charge in [0, 0.05) is 24.3 Å². The SMILES string of the molecule is CC(=O)Nc1ccc(C=CC(=O)CC(=O)C=Cc2ccc3cc[nH]c3c2)cc1. The summed E-state index contributed by atoms with van der Waals surface area (Å²) in [5.41, 5.74) is 3.39. The number of anilines is 1. The Morgan fingerprint density at radius 1 is 0.893 bits per heavy atom. The lowest BCUT2D eigenvalue weighted by Gasteiger charge is -2.01. The standard InChI is InChI=1S/C23H20N2O3/c1-16(26)25-20-8-3-17(4-9-20)5-10-21(27)15-22(28)11-6-18-2-7-19-12-13-24-23(19)14-18/h2-14,24H,15H2,1H3,(H,25,26). The van der Waals surface area contributed by atoms with Crippen molar-refractivity contribution in [1.82, 2.24) is 4.98 Å². The van der Waals surface area contributed by atoms with Crippen LogP contribution in [0.1, 0.15) is 24.5 Å². The van der Waals surface area contributed by atoms with Gasteiger partial charge in [0.25, 0.3) is 0 Å². The Balaban J connectivity index is 1.54. The lowest BCUT2D eigenvalue weighted by atomic mass is 10.1. The van der Waals surface area contributed by atoms with E-state index in [0.717, 1.165) is 22.0 Å². The van der Waals surface area contributed by atoms with Crippen molar-refractivity contribution in [2.45, 2.75) is 13.3 Å². The maximum Gasteiger partial charge on any atom is 0.221 e. The number of carbonyl (C=O) groups is 3. The number of aromatic nitrogens is 1. The van der Waals surface area contributed by atoms with E-state index in [1.807, 2.05) is 30.5 Å². The third-order valence-electron chi connectivity index (χ3n) is 4.08. The molecule has 0 spiro atoms. The number of ketones is 2. The van der Waals surface area contributed by atoms with Crippen LogP contribution in [0.4, 0.5) is 5.69 Å². The molecule has 0 saturated carbocycles. The Labute approximate surface area is 162 Å². The summed E-state index contributed by atoms with van der Waals surface area (Å²) in [6.45, 7) is 1.44. The number of hydrogen-bond acceptors (Lipinski definition) is 3. The second-order valence-electron chi connectivity index (χ2n) is 6.40. The van der Waals surface area contributed by atoms with Crippen molar-refractivity contribution in [2.75, 3.05) is 5.32 Å². The Hall–Kier alpha value is -3.73. The Bertz CT molecular complexity index is 1070. The molecule has 0 bridgehead atoms. The Morgan fingerprint density at radius 3 is 2.21 bits per heavy atom. The first-order valence-electron chi connectivity index (χ1n) is 8.86. The second kappa shape index (κ2) is 8.77. The molecule has 2 N–H and O–H groups in total. The quantitative estimate of drug-likeness (QED) is 0.477. The summed E-state index contributed by atoms with van der Waals surface area (Å²) >= 11 is 0. The molecule has 28 heavy (non-hydrogen) atoms. The number of allylic oxidation sites excluding steroid dienone is 2. The van der Waals surface area contributed by atoms with E-state index in [1.165, 1.54) is 19.1 Å². The summed E-state index contributed by atoms with van der Waals surface area (Å²) in [5.74, 6) is -0.652. The first-order valence-corrected chi connectivity index (χ1v) is 8.86. The van der Waals surface area contributed by atoms with Crippen LogP contribution >= 0.6 is 0 Å². The first kappa shape index (κ1) is 19.0. The van der Waals surface area contributed by atoms with Gasteiger partial charge in [0.1, 0.15) is 0 Å². The number of aromatic amines is 1. The predicted molar refractivity (Wildman–Crippen MR) is 112 cm³/mol. The molecule has 5 heteroatoms. The summed E-state index contributed by atoms with van der Waals surface area (Å²) in [4.78, 5) is 38.1. The maximum absolute atomic E-state index is 12.0. The van der Waals surface area contributed by atoms with E-state index in [4.69, 9.17) is 0 Å². The van der Waals surface area contributed by atoms with Gasteiger partial charge in [0.15, 0.2) is 11.6 Å². The van der Waals surface area contributed by atoms with Gasteiger partial charge in [-0.05, 0) is 52.9 Å². The van der Waals surface area contributed by atoms with Gasteiger partial charge >= 0.3 is 0 Å². The fraction of sp³-hybridized carbons (Fsp3) is 0.0870. The van der Waals surface area contributed by atoms with Crippen LogP contribution in [0.5, 0.6) is 0 Å². The fourth-order valence-corrected chi connectivity index (χ4v) is 2.72. The van der Waals surface area contributed by atoms with Gasteiger partial charge < -0.3 is 10.3 Å². The maximum atomic E-state index is 12.0. The van der Waals surface area contributed by atoms with E-state index in [2.05, 4.69) is 10.3 Å². The number of H-pyrrole nitrogens is 1. The largest absolute Gasteiger partial charge is 0.361 e. The summed E-state index contributed by atoms with van der Waals surface area (Å²) in [6.07, 6.45) is 7.86. The minimum atomic E-state index is -0.264. The molecule has 0 aliphatic rings. The number of benzene rings is 2. The second-order valence-corrected chi connectivity index (χ2v) is 6.40. The summed E-state index contributed by atoms with van der Waals surface area (Å²) in [6, 6.07) is 14.9. The number of amides is 1. The highest BCUT2D eigenvalue weighted by Crippen LogP contribution is 2.15. The number of hydrogen-bond donors (Lipinski definition) is 2. The van der Waals surface area contributed by atoms with Crippen molar-refractivity contribution in [3.63, 3.8) is 0 Å². The van der Waals surface area contributed by atoms with Crippen molar-refractivity contribution in [3.8, 4) is 0 Å². The van der Waals surface area contributed by atoms with Crippen LogP contribution < -0.4 is 5.32 Å². The van der Waals surface area contributed by atoms with Crippen LogP contribution in [0.15, 0.2) is 66.9 Å². The van der Waals surface area contributed by atoms with Crippen molar-refractivity contribution >= 4 is 46.2 Å². The molecule has 1 amide bonds. The lowest BCUT2D eigenvalue weighted by Crippen LogP contribution is -2.05. The molecular weight excluding hydrogens is 352 g/mol. The third-order valence-corrected chi connectivity index (χ3v) is 4.08. The molecule has 2 aromatic carbocycles. The normalized spacial score (nSPS) is 11.3. The monoisotopic (exact) mass is 372 g/mol. The molecule has 0 radical (unpaired) electrons. The van der Waals surface area contributed by atoms with E-state index in [-0.39, 0.29) is 23.9 Å². The Kier molecular flexibility index (Phi) is 5.97. The van der Waals surface area contributed by atoms with Crippen LogP contribution in [0, 0.1) is 0 Å². The van der Waals surface area contributed by atoms with Crippen molar-refractivity contribution in [2.24, 2.45) is 0 Å². The highest BCUT2D eigenvalue weighted by atomic mass is 16.2. The van der Waals surface area contributed by atoms with Crippen molar-refractivity contribution < 1.29 is 14.4 Å². The molecule has 5 nitrogen and oxygen atoms in total. The van der Waals surface area contributed by atoms with Gasteiger partial charge in [-0.2, -0.15) is 0 Å². The van der Waals surface area contributed by atoms with Crippen LogP contribution in [-0.2, 0) is 14.4 Å². The molecule has 0 saturated heterocycles. The topological polar surface area (TPSA) is 79.0 Å². The molecule has 0 aliphatic heterocycles. The van der Waals surface area contributed by atoms with Gasteiger partial charge in [0.05, 0.1) is 6.42 Å². The number of carbonyl (C=O) groups excluding carboxylic acids is 3. The zero-order valence-electron chi connectivity index (χ0n) is 15.4. The third kappa shape index (κ3) is 5.38. The molecule has 1 heterocycles. The molecule has 0 atom stereocenters. The van der Waals surface area contributed by atoms with Crippen LogP contribution in [0.25, 0.3) is 23.1 Å². The molecule has 3 aromatic rings. The van der Waals surface area contributed by atoms with Gasteiger partial charge in [-0.1, -0.05) is 36.4 Å². The predicted octanol–water partition coefficient (Wildman–Crippen LogP) is 4.38.